The number of hydrogen-bond donors (Lipinski definition) is 1. The van der Waals surface area contributed by atoms with Gasteiger partial charge >= 0.3 is 0 Å². The second-order valence-corrected chi connectivity index (χ2v) is 3.90. The minimum atomic E-state index is 0.815. The first-order valence-electron chi connectivity index (χ1n) is 5.83. The van der Waals surface area contributed by atoms with E-state index in [0.717, 1.165) is 22.5 Å². The number of anilines is 1. The molecule has 92 valence electrons. The summed E-state index contributed by atoms with van der Waals surface area (Å²) >= 11 is 0. The molecule has 1 aromatic carbocycles. The fourth-order valence-corrected chi connectivity index (χ4v) is 1.36. The minimum Gasteiger partial charge on any atom is -0.356 e. The van der Waals surface area contributed by atoms with Crippen molar-refractivity contribution >= 4 is 5.69 Å². The lowest BCUT2D eigenvalue weighted by Gasteiger charge is -2.05. The van der Waals surface area contributed by atoms with Gasteiger partial charge in [-0.15, -0.1) is 0 Å². The first-order valence-corrected chi connectivity index (χ1v) is 5.83. The van der Waals surface area contributed by atoms with Crippen LogP contribution in [0.2, 0.25) is 0 Å². The van der Waals surface area contributed by atoms with Crippen LogP contribution in [0.4, 0.5) is 5.69 Å². The Morgan fingerprint density at radius 1 is 0.944 bits per heavy atom. The SMILES string of the molecule is C=C(/C=C\C(=C)C(=C)/C=C\C)Nc1ccccc1. The molecule has 0 saturated carbocycles. The third-order valence-electron chi connectivity index (χ3n) is 2.34. The van der Waals surface area contributed by atoms with Gasteiger partial charge < -0.3 is 5.32 Å². The van der Waals surface area contributed by atoms with Gasteiger partial charge in [0.1, 0.15) is 0 Å². The summed E-state index contributed by atoms with van der Waals surface area (Å²) in [6.07, 6.45) is 7.67. The average Bonchev–Trinajstić information content (AvgIpc) is 2.37. The van der Waals surface area contributed by atoms with Crippen LogP contribution in [0.1, 0.15) is 6.92 Å². The highest BCUT2D eigenvalue weighted by Crippen LogP contribution is 2.12. The molecule has 1 rings (SSSR count). The van der Waals surface area contributed by atoms with Crippen molar-refractivity contribution in [2.75, 3.05) is 5.32 Å². The first kappa shape index (κ1) is 13.8. The van der Waals surface area contributed by atoms with E-state index >= 15 is 0 Å². The third-order valence-corrected chi connectivity index (χ3v) is 2.34. The average molecular weight is 237 g/mol. The summed E-state index contributed by atoms with van der Waals surface area (Å²) in [5.74, 6) is 0. The molecule has 0 bridgehead atoms. The summed E-state index contributed by atoms with van der Waals surface area (Å²) in [7, 11) is 0. The number of allylic oxidation sites excluding steroid dienone is 6. The van der Waals surface area contributed by atoms with Gasteiger partial charge in [-0.1, -0.05) is 56.2 Å². The molecule has 0 aromatic heterocycles. The van der Waals surface area contributed by atoms with E-state index < -0.39 is 0 Å². The molecule has 1 N–H and O–H groups in total. The Hall–Kier alpha value is -2.28. The minimum absolute atomic E-state index is 0.815. The molecular formula is C17H19N. The maximum absolute atomic E-state index is 3.95. The monoisotopic (exact) mass is 237 g/mol. The predicted molar refractivity (Wildman–Crippen MR) is 81.4 cm³/mol. The van der Waals surface area contributed by atoms with Gasteiger partial charge in [-0.05, 0) is 36.3 Å². The van der Waals surface area contributed by atoms with Crippen LogP contribution in [0.3, 0.4) is 0 Å². The van der Waals surface area contributed by atoms with E-state index in [0.29, 0.717) is 0 Å². The van der Waals surface area contributed by atoms with Gasteiger partial charge in [0.2, 0.25) is 0 Å². The molecule has 0 radical (unpaired) electrons. The zero-order valence-corrected chi connectivity index (χ0v) is 10.8. The van der Waals surface area contributed by atoms with Crippen molar-refractivity contribution in [2.24, 2.45) is 0 Å². The summed E-state index contributed by atoms with van der Waals surface area (Å²) in [6, 6.07) is 9.92. The number of para-hydroxylation sites is 1. The molecule has 0 aliphatic carbocycles. The Labute approximate surface area is 110 Å². The number of benzene rings is 1. The van der Waals surface area contributed by atoms with Crippen molar-refractivity contribution < 1.29 is 0 Å². The fourth-order valence-electron chi connectivity index (χ4n) is 1.36. The Kier molecular flexibility index (Phi) is 5.46. The van der Waals surface area contributed by atoms with Crippen molar-refractivity contribution in [3.63, 3.8) is 0 Å². The topological polar surface area (TPSA) is 12.0 Å². The van der Waals surface area contributed by atoms with E-state index in [1.165, 1.54) is 0 Å². The molecule has 0 aliphatic heterocycles. The van der Waals surface area contributed by atoms with Gasteiger partial charge in [-0.2, -0.15) is 0 Å². The van der Waals surface area contributed by atoms with E-state index in [1.807, 2.05) is 61.6 Å². The number of nitrogens with one attached hydrogen (secondary N) is 1. The number of hydrogen-bond acceptors (Lipinski definition) is 1. The molecule has 0 fully saturated rings. The van der Waals surface area contributed by atoms with Crippen LogP contribution in [-0.2, 0) is 0 Å². The van der Waals surface area contributed by atoms with Gasteiger partial charge in [-0.3, -0.25) is 0 Å². The van der Waals surface area contributed by atoms with Gasteiger partial charge in [0, 0.05) is 11.4 Å². The van der Waals surface area contributed by atoms with Crippen molar-refractivity contribution in [1.82, 2.24) is 0 Å². The summed E-state index contributed by atoms with van der Waals surface area (Å²) in [5.41, 5.74) is 3.62. The lowest BCUT2D eigenvalue weighted by Crippen LogP contribution is -1.94. The smallest absolute Gasteiger partial charge is 0.0384 e. The van der Waals surface area contributed by atoms with Crippen LogP contribution < -0.4 is 5.32 Å². The van der Waals surface area contributed by atoms with E-state index in [9.17, 15) is 0 Å². The summed E-state index contributed by atoms with van der Waals surface area (Å²) in [6.45, 7) is 13.8. The molecule has 1 heteroatoms. The second kappa shape index (κ2) is 7.13. The van der Waals surface area contributed by atoms with Crippen LogP contribution in [-0.4, -0.2) is 0 Å². The molecule has 0 heterocycles. The second-order valence-electron chi connectivity index (χ2n) is 3.90. The van der Waals surface area contributed by atoms with E-state index in [1.54, 1.807) is 0 Å². The molecular weight excluding hydrogens is 218 g/mol. The van der Waals surface area contributed by atoms with Crippen LogP contribution in [0, 0.1) is 0 Å². The molecule has 0 spiro atoms. The predicted octanol–water partition coefficient (Wildman–Crippen LogP) is 4.86. The Morgan fingerprint density at radius 3 is 2.17 bits per heavy atom. The molecule has 0 atom stereocenters. The van der Waals surface area contributed by atoms with Gasteiger partial charge in [0.25, 0.3) is 0 Å². The third kappa shape index (κ3) is 4.71. The Morgan fingerprint density at radius 2 is 1.56 bits per heavy atom. The zero-order valence-electron chi connectivity index (χ0n) is 10.8. The van der Waals surface area contributed by atoms with E-state index in [4.69, 9.17) is 0 Å². The summed E-state index contributed by atoms with van der Waals surface area (Å²) < 4.78 is 0. The van der Waals surface area contributed by atoms with Gasteiger partial charge in [0.15, 0.2) is 0 Å². The van der Waals surface area contributed by atoms with Gasteiger partial charge in [0.05, 0.1) is 0 Å². The van der Waals surface area contributed by atoms with Crippen molar-refractivity contribution in [3.05, 3.63) is 91.2 Å². The Balaban J connectivity index is 2.55. The van der Waals surface area contributed by atoms with Crippen LogP contribution in [0.5, 0.6) is 0 Å². The highest BCUT2D eigenvalue weighted by molar-refractivity contribution is 5.51. The summed E-state index contributed by atoms with van der Waals surface area (Å²) in [4.78, 5) is 0. The fraction of sp³-hybridized carbons (Fsp3) is 0.0588. The van der Waals surface area contributed by atoms with Crippen molar-refractivity contribution in [2.45, 2.75) is 6.92 Å². The lowest BCUT2D eigenvalue weighted by molar-refractivity contribution is 1.48. The van der Waals surface area contributed by atoms with E-state index in [2.05, 4.69) is 25.1 Å². The molecule has 0 amide bonds. The molecule has 18 heavy (non-hydrogen) atoms. The largest absolute Gasteiger partial charge is 0.356 e. The molecule has 1 nitrogen and oxygen atoms in total. The van der Waals surface area contributed by atoms with E-state index in [-0.39, 0.29) is 0 Å². The Bertz CT molecular complexity index is 490. The lowest BCUT2D eigenvalue weighted by atomic mass is 10.1. The molecule has 0 aliphatic rings. The molecule has 0 saturated heterocycles. The van der Waals surface area contributed by atoms with Crippen LogP contribution >= 0.6 is 0 Å². The first-order chi connectivity index (χ1) is 8.63. The standard InChI is InChI=1S/C17H19N/c1-5-9-14(2)15(3)12-13-16(4)18-17-10-7-6-8-11-17/h5-13,18H,2-4H2,1H3/b9-5-,13-12-. The number of rotatable bonds is 6. The molecule has 1 aromatic rings. The quantitative estimate of drug-likeness (QED) is 0.697. The van der Waals surface area contributed by atoms with Crippen molar-refractivity contribution in [3.8, 4) is 0 Å². The normalized spacial score (nSPS) is 10.7. The zero-order chi connectivity index (χ0) is 13.4. The van der Waals surface area contributed by atoms with Crippen LogP contribution in [0.25, 0.3) is 0 Å². The van der Waals surface area contributed by atoms with Gasteiger partial charge in [-0.25, -0.2) is 0 Å². The highest BCUT2D eigenvalue weighted by atomic mass is 14.9. The highest BCUT2D eigenvalue weighted by Gasteiger charge is 1.93. The maximum atomic E-state index is 3.95. The van der Waals surface area contributed by atoms with Crippen molar-refractivity contribution in [1.29, 1.82) is 0 Å². The summed E-state index contributed by atoms with van der Waals surface area (Å²) in [5, 5.41) is 3.20. The maximum Gasteiger partial charge on any atom is 0.0384 e. The molecule has 0 unspecified atom stereocenters. The van der Waals surface area contributed by atoms with Crippen LogP contribution in [0.15, 0.2) is 91.2 Å².